The molecule has 3 amide bonds. The summed E-state index contributed by atoms with van der Waals surface area (Å²) in [4.78, 5) is 53.3. The van der Waals surface area contributed by atoms with Crippen LogP contribution in [0, 0.1) is 24.2 Å². The maximum Gasteiger partial charge on any atom is 0.259 e. The molecule has 6 unspecified atom stereocenters. The molecule has 286 valence electrons. The first-order valence-electron chi connectivity index (χ1n) is 18.0. The van der Waals surface area contributed by atoms with Crippen molar-refractivity contribution < 1.29 is 32.3 Å². The smallest absolute Gasteiger partial charge is 0.259 e. The van der Waals surface area contributed by atoms with Crippen LogP contribution in [-0.2, 0) is 24.4 Å². The number of rotatable bonds is 12. The Morgan fingerprint density at radius 2 is 1.87 bits per heavy atom. The predicted octanol–water partition coefficient (Wildman–Crippen LogP) is 4.44. The van der Waals surface area contributed by atoms with Crippen LogP contribution < -0.4 is 25.2 Å². The Balaban J connectivity index is 1.36. The Hall–Kier alpha value is -4.08. The zero-order valence-electron chi connectivity index (χ0n) is 31.6. The summed E-state index contributed by atoms with van der Waals surface area (Å²) in [5, 5.41) is 5.69. The number of carbonyl (C=O) groups excluding carboxylic acids is 3. The molecule has 15 heteroatoms. The van der Waals surface area contributed by atoms with Crippen LogP contribution in [0.25, 0.3) is 21.6 Å². The van der Waals surface area contributed by atoms with E-state index in [1.807, 2.05) is 58.2 Å². The number of nitrogens with zero attached hydrogens (tertiary/aromatic N) is 3. The zero-order valence-corrected chi connectivity index (χ0v) is 33.2. The van der Waals surface area contributed by atoms with Gasteiger partial charge < -0.3 is 25.4 Å². The summed E-state index contributed by atoms with van der Waals surface area (Å²) in [5.41, 5.74) is 7.41. The highest BCUT2D eigenvalue weighted by Crippen LogP contribution is 2.46. The standard InChI is InChI=1S/C38H50N6O7S2/c1-10-22-16-38(22,36(47)43-53(48,49)23-11-12-23)42-33(45)31-21(5)29(17-44(31)35(46)32(39)37(6,7)8)51-28-15-25(34-41-26(18-52-34)19(2)3)40-30-20(4)27(50-9)14-13-24(28)30/h10,13-15,18-19,21-23,29,31-32H,1,11-12,16-17,39H2,2-9H3,(H,42,45)(H,43,47). The van der Waals surface area contributed by atoms with E-state index in [0.29, 0.717) is 35.6 Å². The van der Waals surface area contributed by atoms with E-state index in [1.54, 1.807) is 7.11 Å². The van der Waals surface area contributed by atoms with Gasteiger partial charge in [-0.25, -0.2) is 18.4 Å². The Bertz CT molecular complexity index is 2070. The van der Waals surface area contributed by atoms with Gasteiger partial charge in [-0.15, -0.1) is 17.9 Å². The lowest BCUT2D eigenvalue weighted by Gasteiger charge is -2.33. The number of nitrogens with two attached hydrogens (primary N) is 1. The maximum absolute atomic E-state index is 14.4. The fourth-order valence-corrected chi connectivity index (χ4v) is 9.22. The first kappa shape index (κ1) is 38.6. The van der Waals surface area contributed by atoms with E-state index in [0.717, 1.165) is 21.7 Å². The average Bonchev–Trinajstić information content (AvgIpc) is 3.99. The van der Waals surface area contributed by atoms with Crippen LogP contribution in [0.5, 0.6) is 11.5 Å². The van der Waals surface area contributed by atoms with Crippen molar-refractivity contribution in [1.82, 2.24) is 24.9 Å². The molecule has 0 radical (unpaired) electrons. The van der Waals surface area contributed by atoms with Gasteiger partial charge in [0, 0.05) is 34.2 Å². The van der Waals surface area contributed by atoms with Crippen LogP contribution in [0.4, 0.5) is 0 Å². The van der Waals surface area contributed by atoms with Crippen LogP contribution in [0.1, 0.15) is 78.0 Å². The number of benzene rings is 1. The number of thiazole rings is 1. The molecule has 53 heavy (non-hydrogen) atoms. The third-order valence-corrected chi connectivity index (χ3v) is 13.5. The lowest BCUT2D eigenvalue weighted by atomic mass is 9.86. The largest absolute Gasteiger partial charge is 0.496 e. The van der Waals surface area contributed by atoms with Crippen LogP contribution in [0.2, 0.25) is 0 Å². The number of aromatic nitrogens is 2. The van der Waals surface area contributed by atoms with Crippen molar-refractivity contribution >= 4 is 50.0 Å². The number of carbonyl (C=O) groups is 3. The minimum absolute atomic E-state index is 0.0328. The number of nitrogens with one attached hydrogen (secondary N) is 2. The number of ether oxygens (including phenoxy) is 2. The van der Waals surface area contributed by atoms with Crippen molar-refractivity contribution in [3.05, 3.63) is 47.5 Å². The predicted molar refractivity (Wildman–Crippen MR) is 204 cm³/mol. The Morgan fingerprint density at radius 1 is 1.17 bits per heavy atom. The fourth-order valence-electron chi connectivity index (χ4n) is 6.91. The van der Waals surface area contributed by atoms with Gasteiger partial charge in [0.2, 0.25) is 21.8 Å². The molecule has 13 nitrogen and oxygen atoms in total. The van der Waals surface area contributed by atoms with Crippen molar-refractivity contribution in [3.8, 4) is 22.2 Å². The van der Waals surface area contributed by atoms with Crippen molar-refractivity contribution in [2.24, 2.45) is 23.0 Å². The highest BCUT2D eigenvalue weighted by molar-refractivity contribution is 7.91. The summed E-state index contributed by atoms with van der Waals surface area (Å²) >= 11 is 1.49. The molecule has 6 rings (SSSR count). The van der Waals surface area contributed by atoms with Gasteiger partial charge >= 0.3 is 0 Å². The summed E-state index contributed by atoms with van der Waals surface area (Å²) in [5.74, 6) is -1.54. The Labute approximate surface area is 315 Å². The summed E-state index contributed by atoms with van der Waals surface area (Å²) in [6.45, 7) is 17.3. The molecule has 6 atom stereocenters. The van der Waals surface area contributed by atoms with E-state index in [9.17, 15) is 22.8 Å². The van der Waals surface area contributed by atoms with E-state index in [4.69, 9.17) is 25.2 Å². The number of methoxy groups -OCH3 is 1. The summed E-state index contributed by atoms with van der Waals surface area (Å²) in [6.07, 6.45) is 1.97. The molecule has 2 aromatic heterocycles. The summed E-state index contributed by atoms with van der Waals surface area (Å²) < 4.78 is 40.1. The van der Waals surface area contributed by atoms with Gasteiger partial charge in [0.1, 0.15) is 39.9 Å². The second kappa shape index (κ2) is 14.0. The van der Waals surface area contributed by atoms with E-state index in [1.165, 1.54) is 22.3 Å². The monoisotopic (exact) mass is 766 g/mol. The van der Waals surface area contributed by atoms with Crippen molar-refractivity contribution in [2.75, 3.05) is 13.7 Å². The molecule has 0 bridgehead atoms. The second-order valence-corrected chi connectivity index (χ2v) is 18.8. The molecule has 1 saturated heterocycles. The second-order valence-electron chi connectivity index (χ2n) is 16.0. The van der Waals surface area contributed by atoms with Gasteiger partial charge in [-0.05, 0) is 49.7 Å². The highest BCUT2D eigenvalue weighted by Gasteiger charge is 2.62. The summed E-state index contributed by atoms with van der Waals surface area (Å²) in [6, 6.07) is 3.52. The number of hydrogen-bond acceptors (Lipinski definition) is 11. The number of likely N-dealkylation sites (tertiary alicyclic amines) is 1. The zero-order chi connectivity index (χ0) is 38.8. The van der Waals surface area contributed by atoms with Crippen molar-refractivity contribution in [1.29, 1.82) is 0 Å². The average molecular weight is 767 g/mol. The number of hydrogen-bond donors (Lipinski definition) is 3. The molecule has 3 heterocycles. The number of amides is 3. The molecule has 1 aromatic carbocycles. The molecule has 1 aliphatic heterocycles. The van der Waals surface area contributed by atoms with Crippen molar-refractivity contribution in [3.63, 3.8) is 0 Å². The molecule has 3 fully saturated rings. The Morgan fingerprint density at radius 3 is 2.43 bits per heavy atom. The minimum Gasteiger partial charge on any atom is -0.496 e. The van der Waals surface area contributed by atoms with E-state index >= 15 is 0 Å². The van der Waals surface area contributed by atoms with Gasteiger partial charge in [-0.2, -0.15) is 0 Å². The number of fused-ring (bicyclic) bond motifs is 1. The van der Waals surface area contributed by atoms with Gasteiger partial charge in [0.05, 0.1) is 36.2 Å². The maximum atomic E-state index is 14.4. The van der Waals surface area contributed by atoms with E-state index in [-0.39, 0.29) is 18.9 Å². The fraction of sp³-hybridized carbons (Fsp3) is 0.553. The highest BCUT2D eigenvalue weighted by atomic mass is 32.2. The number of aryl methyl sites for hydroxylation is 1. The van der Waals surface area contributed by atoms with Crippen molar-refractivity contribution in [2.45, 2.75) is 103 Å². The van der Waals surface area contributed by atoms with Crippen LogP contribution >= 0.6 is 11.3 Å². The normalized spacial score (nSPS) is 24.9. The lowest BCUT2D eigenvalue weighted by Crippen LogP contribution is -2.59. The first-order chi connectivity index (χ1) is 24.8. The van der Waals surface area contributed by atoms with E-state index < -0.39 is 74.0 Å². The SMILES string of the molecule is C=CC1CC1(NC(=O)C1C(C)C(Oc2cc(-c3nc(C(C)C)cs3)nc3c(C)c(OC)ccc23)CN1C(=O)C(N)C(C)(C)C)C(=O)NS(=O)(=O)C1CC1. The molecular formula is C38H50N6O7S2. The van der Waals surface area contributed by atoms with Crippen LogP contribution in [0.3, 0.4) is 0 Å². The molecular weight excluding hydrogens is 717 g/mol. The van der Waals surface area contributed by atoms with Gasteiger partial charge in [0.25, 0.3) is 5.91 Å². The minimum atomic E-state index is -3.88. The molecule has 0 spiro atoms. The number of pyridine rings is 1. The van der Waals surface area contributed by atoms with Gasteiger partial charge in [0.15, 0.2) is 0 Å². The first-order valence-corrected chi connectivity index (χ1v) is 20.4. The third-order valence-electron chi connectivity index (χ3n) is 10.8. The molecule has 2 aliphatic carbocycles. The quantitative estimate of drug-likeness (QED) is 0.223. The van der Waals surface area contributed by atoms with Crippen LogP contribution in [0.15, 0.2) is 36.2 Å². The number of sulfonamides is 1. The molecule has 3 aliphatic rings. The molecule has 2 saturated carbocycles. The van der Waals surface area contributed by atoms with E-state index in [2.05, 4.69) is 30.5 Å². The molecule has 4 N–H and O–H groups in total. The lowest BCUT2D eigenvalue weighted by molar-refractivity contribution is -0.143. The van der Waals surface area contributed by atoms with Gasteiger partial charge in [-0.3, -0.25) is 19.1 Å². The topological polar surface area (TPSA) is 183 Å². The molecule has 3 aromatic rings. The Kier molecular flexibility index (Phi) is 10.2. The van der Waals surface area contributed by atoms with Crippen LogP contribution in [-0.4, -0.2) is 83.6 Å². The third kappa shape index (κ3) is 7.27. The van der Waals surface area contributed by atoms with Gasteiger partial charge in [-0.1, -0.05) is 47.6 Å². The summed E-state index contributed by atoms with van der Waals surface area (Å²) in [7, 11) is -2.28.